The van der Waals surface area contributed by atoms with Gasteiger partial charge in [0.1, 0.15) is 16.5 Å². The highest BCUT2D eigenvalue weighted by Crippen LogP contribution is 2.24. The first-order valence-electron chi connectivity index (χ1n) is 8.54. The average Bonchev–Trinajstić information content (AvgIpc) is 3.11. The molecule has 0 aliphatic rings. The lowest BCUT2D eigenvalue weighted by molar-refractivity contribution is -0.384. The van der Waals surface area contributed by atoms with E-state index in [-0.39, 0.29) is 17.1 Å². The summed E-state index contributed by atoms with van der Waals surface area (Å²) >= 11 is 5.84. The number of aryl methyl sites for hydroxylation is 1. The molecule has 29 heavy (non-hydrogen) atoms. The van der Waals surface area contributed by atoms with Crippen molar-refractivity contribution in [2.24, 2.45) is 0 Å². The Morgan fingerprint density at radius 3 is 2.59 bits per heavy atom. The van der Waals surface area contributed by atoms with E-state index in [1.807, 2.05) is 17.6 Å². The minimum absolute atomic E-state index is 0.0424. The fourth-order valence-corrected chi connectivity index (χ4v) is 3.01. The fourth-order valence-electron chi connectivity index (χ4n) is 2.90. The van der Waals surface area contributed by atoms with Gasteiger partial charge in [-0.25, -0.2) is 4.98 Å². The summed E-state index contributed by atoms with van der Waals surface area (Å²) in [5.74, 6) is 0.571. The van der Waals surface area contributed by atoms with Crippen LogP contribution in [0.5, 0.6) is 11.6 Å². The summed E-state index contributed by atoms with van der Waals surface area (Å²) < 4.78 is 8.83. The highest BCUT2D eigenvalue weighted by Gasteiger charge is 2.13. The summed E-state index contributed by atoms with van der Waals surface area (Å²) in [6, 6.07) is 12.3. The van der Waals surface area contributed by atoms with Crippen LogP contribution in [-0.2, 0) is 6.54 Å². The van der Waals surface area contributed by atoms with Crippen LogP contribution in [0, 0.1) is 17.0 Å². The third kappa shape index (κ3) is 3.81. The van der Waals surface area contributed by atoms with E-state index < -0.39 is 4.92 Å². The molecule has 0 radical (unpaired) electrons. The lowest BCUT2D eigenvalue weighted by Gasteiger charge is -2.12. The lowest BCUT2D eigenvalue weighted by atomic mass is 10.2. The molecular weight excluding hydrogens is 398 g/mol. The van der Waals surface area contributed by atoms with Crippen molar-refractivity contribution in [2.45, 2.75) is 13.5 Å². The van der Waals surface area contributed by atoms with Crippen LogP contribution in [0.4, 0.5) is 5.69 Å². The average molecular weight is 412 g/mol. The molecule has 0 unspecified atom stereocenters. The van der Waals surface area contributed by atoms with E-state index in [0.717, 1.165) is 11.3 Å². The number of nitro benzene ring substituents is 1. The van der Waals surface area contributed by atoms with Crippen molar-refractivity contribution in [3.05, 3.63) is 91.6 Å². The molecule has 0 saturated heterocycles. The zero-order valence-electron chi connectivity index (χ0n) is 15.2. The smallest absolute Gasteiger partial charge is 0.274 e. The molecule has 0 saturated carbocycles. The van der Waals surface area contributed by atoms with Gasteiger partial charge in [0.2, 0.25) is 5.88 Å². The second-order valence-electron chi connectivity index (χ2n) is 6.30. The van der Waals surface area contributed by atoms with Gasteiger partial charge >= 0.3 is 0 Å². The molecule has 0 amide bonds. The van der Waals surface area contributed by atoms with Crippen molar-refractivity contribution in [1.82, 2.24) is 19.2 Å². The van der Waals surface area contributed by atoms with Gasteiger partial charge in [0.05, 0.1) is 11.5 Å². The summed E-state index contributed by atoms with van der Waals surface area (Å²) in [5, 5.41) is 15.4. The number of aromatic nitrogens is 4. The van der Waals surface area contributed by atoms with E-state index in [2.05, 4.69) is 10.1 Å². The number of fused-ring (bicyclic) bond motifs is 1. The third-order valence-corrected chi connectivity index (χ3v) is 4.53. The monoisotopic (exact) mass is 411 g/mol. The first kappa shape index (κ1) is 18.6. The Labute approximate surface area is 168 Å². The highest BCUT2D eigenvalue weighted by molar-refractivity contribution is 6.29. The Morgan fingerprint density at radius 1 is 1.17 bits per heavy atom. The lowest BCUT2D eigenvalue weighted by Crippen LogP contribution is -2.20. The van der Waals surface area contributed by atoms with Crippen molar-refractivity contribution in [2.75, 3.05) is 0 Å². The minimum atomic E-state index is -0.490. The van der Waals surface area contributed by atoms with Gasteiger partial charge in [-0.3, -0.25) is 14.9 Å². The molecule has 146 valence electrons. The van der Waals surface area contributed by atoms with Gasteiger partial charge in [-0.05, 0) is 30.7 Å². The number of benzene rings is 1. The summed E-state index contributed by atoms with van der Waals surface area (Å²) in [5.41, 5.74) is 1.86. The Hall–Kier alpha value is -3.72. The molecule has 0 fully saturated rings. The molecule has 9 nitrogen and oxygen atoms in total. The standard InChI is InChI=1S/C19H14ClN5O4/c1-12-8-19(26)24-18(23(12)11-13-2-7-16(20)21-10-13)9-17(22-24)29-15-5-3-14(4-6-15)25(27)28/h2-10H,11H2,1H3. The molecule has 0 N–H and O–H groups in total. The number of hydrogen-bond acceptors (Lipinski definition) is 6. The van der Waals surface area contributed by atoms with Gasteiger partial charge in [0.25, 0.3) is 11.2 Å². The Kier molecular flexibility index (Phi) is 4.73. The molecule has 3 aromatic heterocycles. The second kappa shape index (κ2) is 7.36. The maximum Gasteiger partial charge on any atom is 0.274 e. The van der Waals surface area contributed by atoms with Crippen molar-refractivity contribution in [3.63, 3.8) is 0 Å². The molecule has 0 aliphatic heterocycles. The van der Waals surface area contributed by atoms with Gasteiger partial charge in [-0.15, -0.1) is 5.10 Å². The summed E-state index contributed by atoms with van der Waals surface area (Å²) in [4.78, 5) is 26.7. The molecule has 0 spiro atoms. The fraction of sp³-hybridized carbons (Fsp3) is 0.105. The predicted molar refractivity (Wildman–Crippen MR) is 106 cm³/mol. The number of ether oxygens (including phenoxy) is 1. The number of pyridine rings is 1. The molecule has 0 atom stereocenters. The number of rotatable bonds is 5. The van der Waals surface area contributed by atoms with Crippen LogP contribution in [-0.4, -0.2) is 24.1 Å². The second-order valence-corrected chi connectivity index (χ2v) is 6.69. The van der Waals surface area contributed by atoms with E-state index in [9.17, 15) is 14.9 Å². The maximum atomic E-state index is 12.4. The maximum absolute atomic E-state index is 12.4. The van der Waals surface area contributed by atoms with Crippen molar-refractivity contribution >= 4 is 22.9 Å². The Morgan fingerprint density at radius 2 is 1.93 bits per heavy atom. The van der Waals surface area contributed by atoms with Crippen LogP contribution < -0.4 is 10.3 Å². The van der Waals surface area contributed by atoms with Crippen molar-refractivity contribution in [3.8, 4) is 11.6 Å². The van der Waals surface area contributed by atoms with Crippen LogP contribution >= 0.6 is 11.6 Å². The van der Waals surface area contributed by atoms with E-state index in [1.54, 1.807) is 18.3 Å². The molecule has 10 heteroatoms. The van der Waals surface area contributed by atoms with Gasteiger partial charge in [0.15, 0.2) is 0 Å². The molecule has 1 aromatic carbocycles. The predicted octanol–water partition coefficient (Wildman–Crippen LogP) is 3.60. The zero-order chi connectivity index (χ0) is 20.5. The first-order chi connectivity index (χ1) is 13.9. The highest BCUT2D eigenvalue weighted by atomic mass is 35.5. The molecule has 0 aliphatic carbocycles. The van der Waals surface area contributed by atoms with Crippen LogP contribution in [0.25, 0.3) is 5.65 Å². The molecular formula is C19H14ClN5O4. The third-order valence-electron chi connectivity index (χ3n) is 4.31. The normalized spacial score (nSPS) is 11.0. The minimum Gasteiger partial charge on any atom is -0.437 e. The summed E-state index contributed by atoms with van der Waals surface area (Å²) in [6.45, 7) is 2.29. The van der Waals surface area contributed by atoms with Gasteiger partial charge in [-0.2, -0.15) is 4.52 Å². The molecule has 0 bridgehead atoms. The molecule has 3 heterocycles. The van der Waals surface area contributed by atoms with E-state index in [0.29, 0.717) is 23.1 Å². The van der Waals surface area contributed by atoms with Crippen LogP contribution in [0.3, 0.4) is 0 Å². The summed E-state index contributed by atoms with van der Waals surface area (Å²) in [6.07, 6.45) is 1.67. The molecule has 4 aromatic rings. The largest absolute Gasteiger partial charge is 0.437 e. The van der Waals surface area contributed by atoms with Crippen LogP contribution in [0.2, 0.25) is 5.15 Å². The Bertz CT molecular complexity index is 1260. The van der Waals surface area contributed by atoms with Crippen LogP contribution in [0.1, 0.15) is 11.3 Å². The number of nitro groups is 1. The number of non-ortho nitro benzene ring substituents is 1. The van der Waals surface area contributed by atoms with Gasteiger partial charge in [0, 0.05) is 36.2 Å². The van der Waals surface area contributed by atoms with Gasteiger partial charge < -0.3 is 9.30 Å². The van der Waals surface area contributed by atoms with E-state index >= 15 is 0 Å². The van der Waals surface area contributed by atoms with E-state index in [4.69, 9.17) is 16.3 Å². The summed E-state index contributed by atoms with van der Waals surface area (Å²) in [7, 11) is 0. The number of nitrogens with zero attached hydrogens (tertiary/aromatic N) is 5. The first-order valence-corrected chi connectivity index (χ1v) is 8.91. The van der Waals surface area contributed by atoms with Crippen molar-refractivity contribution < 1.29 is 9.66 Å². The quantitative estimate of drug-likeness (QED) is 0.282. The zero-order valence-corrected chi connectivity index (χ0v) is 15.9. The molecule has 4 rings (SSSR count). The van der Waals surface area contributed by atoms with Crippen LogP contribution in [0.15, 0.2) is 59.5 Å². The number of hydrogen-bond donors (Lipinski definition) is 0. The SMILES string of the molecule is Cc1cc(=O)n2nc(Oc3ccc([N+](=O)[O-])cc3)cc2n1Cc1ccc(Cl)nc1. The Balaban J connectivity index is 1.70. The topological polar surface area (TPSA) is 105 Å². The van der Waals surface area contributed by atoms with Crippen molar-refractivity contribution in [1.29, 1.82) is 0 Å². The number of halogens is 1. The van der Waals surface area contributed by atoms with Gasteiger partial charge in [-0.1, -0.05) is 17.7 Å². The van der Waals surface area contributed by atoms with E-state index in [1.165, 1.54) is 34.8 Å².